The summed E-state index contributed by atoms with van der Waals surface area (Å²) in [5, 5.41) is 0. The van der Waals surface area contributed by atoms with E-state index in [1.54, 1.807) is 12.1 Å². The summed E-state index contributed by atoms with van der Waals surface area (Å²) in [6, 6.07) is 7.12. The van der Waals surface area contributed by atoms with Crippen molar-refractivity contribution in [3.63, 3.8) is 0 Å². The second-order valence-corrected chi connectivity index (χ2v) is 7.44. The minimum absolute atomic E-state index is 0.221. The van der Waals surface area contributed by atoms with Gasteiger partial charge >= 0.3 is 0 Å². The highest BCUT2D eigenvalue weighted by Gasteiger charge is 2.25. The molecule has 2 heterocycles. The number of hydrogen-bond acceptors (Lipinski definition) is 3. The topological polar surface area (TPSA) is 26.8 Å². The summed E-state index contributed by atoms with van der Waals surface area (Å²) < 4.78 is 12.9. The van der Waals surface area contributed by atoms with Gasteiger partial charge < -0.3 is 9.80 Å². The molecule has 0 bridgehead atoms. The van der Waals surface area contributed by atoms with Crippen LogP contribution in [0.25, 0.3) is 0 Å². The Labute approximate surface area is 150 Å². The Balaban J connectivity index is 1.39. The second-order valence-electron chi connectivity index (χ2n) is 7.44. The van der Waals surface area contributed by atoms with Gasteiger partial charge in [0.25, 0.3) is 0 Å². The normalized spacial score (nSPS) is 23.0. The maximum atomic E-state index is 12.9. The zero-order valence-corrected chi connectivity index (χ0v) is 15.3. The summed E-state index contributed by atoms with van der Waals surface area (Å²) in [5.74, 6) is -0.00595. The molecule has 4 nitrogen and oxygen atoms in total. The van der Waals surface area contributed by atoms with Gasteiger partial charge in [-0.05, 0) is 50.6 Å². The second kappa shape index (κ2) is 8.77. The summed E-state index contributed by atoms with van der Waals surface area (Å²) in [5.41, 5.74) is 1.02. The number of rotatable bonds is 5. The lowest BCUT2D eigenvalue weighted by molar-refractivity contribution is -0.133. The number of likely N-dealkylation sites (N-methyl/N-ethyl adjacent to an activating group) is 1. The molecule has 1 aromatic rings. The molecule has 1 amide bonds. The number of piperidine rings is 1. The average molecular weight is 347 g/mol. The molecule has 138 valence electrons. The van der Waals surface area contributed by atoms with Crippen molar-refractivity contribution in [1.82, 2.24) is 14.7 Å². The van der Waals surface area contributed by atoms with Crippen LogP contribution in [0.3, 0.4) is 0 Å². The van der Waals surface area contributed by atoms with E-state index < -0.39 is 0 Å². The molecule has 5 heteroatoms. The van der Waals surface area contributed by atoms with Crippen molar-refractivity contribution in [3.8, 4) is 0 Å². The molecule has 0 saturated carbocycles. The summed E-state index contributed by atoms with van der Waals surface area (Å²) in [4.78, 5) is 19.4. The van der Waals surface area contributed by atoms with Crippen LogP contribution >= 0.6 is 0 Å². The molecule has 1 unspecified atom stereocenters. The van der Waals surface area contributed by atoms with E-state index in [9.17, 15) is 9.18 Å². The lowest BCUT2D eigenvalue weighted by Crippen LogP contribution is -2.53. The molecule has 0 aliphatic carbocycles. The van der Waals surface area contributed by atoms with E-state index in [4.69, 9.17) is 0 Å². The Morgan fingerprint density at radius 2 is 1.80 bits per heavy atom. The predicted molar refractivity (Wildman–Crippen MR) is 98.0 cm³/mol. The van der Waals surface area contributed by atoms with Crippen molar-refractivity contribution in [2.75, 3.05) is 46.3 Å². The standard InChI is InChI=1S/C20H30FN3O/c1-22-11-3-2-4-19(22)16-23-12-14-24(15-13-23)20(25)10-7-17-5-8-18(21)9-6-17/h5-6,8-9,19H,2-4,7,10-16H2,1H3. The van der Waals surface area contributed by atoms with Gasteiger partial charge in [-0.1, -0.05) is 18.6 Å². The molecular weight excluding hydrogens is 317 g/mol. The first kappa shape index (κ1) is 18.3. The van der Waals surface area contributed by atoms with Crippen LogP contribution in [0.4, 0.5) is 4.39 Å². The zero-order chi connectivity index (χ0) is 17.6. The van der Waals surface area contributed by atoms with Crippen molar-refractivity contribution in [2.24, 2.45) is 0 Å². The smallest absolute Gasteiger partial charge is 0.222 e. The van der Waals surface area contributed by atoms with E-state index in [1.165, 1.54) is 37.9 Å². The number of nitrogens with zero attached hydrogens (tertiary/aromatic N) is 3. The van der Waals surface area contributed by atoms with Gasteiger partial charge in [-0.15, -0.1) is 0 Å². The zero-order valence-electron chi connectivity index (χ0n) is 15.3. The molecule has 2 aliphatic rings. The van der Waals surface area contributed by atoms with Crippen LogP contribution in [-0.4, -0.2) is 73.0 Å². The number of benzene rings is 1. The van der Waals surface area contributed by atoms with Gasteiger partial charge in [-0.3, -0.25) is 9.69 Å². The number of hydrogen-bond donors (Lipinski definition) is 0. The molecule has 0 aromatic heterocycles. The van der Waals surface area contributed by atoms with Crippen LogP contribution in [0.1, 0.15) is 31.2 Å². The highest BCUT2D eigenvalue weighted by Crippen LogP contribution is 2.17. The fourth-order valence-corrected chi connectivity index (χ4v) is 3.91. The van der Waals surface area contributed by atoms with E-state index in [0.717, 1.165) is 38.3 Å². The van der Waals surface area contributed by atoms with E-state index in [-0.39, 0.29) is 11.7 Å². The van der Waals surface area contributed by atoms with Crippen LogP contribution in [-0.2, 0) is 11.2 Å². The molecule has 2 fully saturated rings. The number of aryl methyl sites for hydroxylation is 1. The SMILES string of the molecule is CN1CCCCC1CN1CCN(C(=O)CCc2ccc(F)cc2)CC1. The Kier molecular flexibility index (Phi) is 6.43. The van der Waals surface area contributed by atoms with E-state index in [0.29, 0.717) is 18.9 Å². The lowest BCUT2D eigenvalue weighted by Gasteiger charge is -2.40. The maximum Gasteiger partial charge on any atom is 0.222 e. The highest BCUT2D eigenvalue weighted by molar-refractivity contribution is 5.76. The maximum absolute atomic E-state index is 12.9. The lowest BCUT2D eigenvalue weighted by atomic mass is 10.0. The first-order valence-corrected chi connectivity index (χ1v) is 9.56. The van der Waals surface area contributed by atoms with Gasteiger partial charge in [0.1, 0.15) is 5.82 Å². The quantitative estimate of drug-likeness (QED) is 0.818. The number of amides is 1. The number of carbonyl (C=O) groups excluding carboxylic acids is 1. The average Bonchev–Trinajstić information content (AvgIpc) is 2.63. The monoisotopic (exact) mass is 347 g/mol. The first-order chi connectivity index (χ1) is 12.1. The Morgan fingerprint density at radius 3 is 2.48 bits per heavy atom. The number of piperazine rings is 1. The molecule has 0 spiro atoms. The third-order valence-corrected chi connectivity index (χ3v) is 5.66. The molecule has 25 heavy (non-hydrogen) atoms. The summed E-state index contributed by atoms with van der Waals surface area (Å²) in [7, 11) is 2.24. The van der Waals surface area contributed by atoms with Crippen molar-refractivity contribution in [1.29, 1.82) is 0 Å². The number of carbonyl (C=O) groups is 1. The fourth-order valence-electron chi connectivity index (χ4n) is 3.91. The molecule has 1 atom stereocenters. The molecule has 2 aliphatic heterocycles. The minimum atomic E-state index is -0.227. The first-order valence-electron chi connectivity index (χ1n) is 9.56. The summed E-state index contributed by atoms with van der Waals surface area (Å²) in [6.07, 6.45) is 5.16. The van der Waals surface area contributed by atoms with Crippen LogP contribution in [0.2, 0.25) is 0 Å². The highest BCUT2D eigenvalue weighted by atomic mass is 19.1. The molecule has 0 N–H and O–H groups in total. The summed E-state index contributed by atoms with van der Waals surface area (Å²) in [6.45, 7) is 5.97. The van der Waals surface area contributed by atoms with Crippen LogP contribution < -0.4 is 0 Å². The predicted octanol–water partition coefficient (Wildman–Crippen LogP) is 2.39. The van der Waals surface area contributed by atoms with E-state index >= 15 is 0 Å². The third-order valence-electron chi connectivity index (χ3n) is 5.66. The Morgan fingerprint density at radius 1 is 1.08 bits per heavy atom. The minimum Gasteiger partial charge on any atom is -0.340 e. The van der Waals surface area contributed by atoms with Gasteiger partial charge in [0.15, 0.2) is 0 Å². The van der Waals surface area contributed by atoms with Crippen LogP contribution in [0.15, 0.2) is 24.3 Å². The van der Waals surface area contributed by atoms with Crippen molar-refractivity contribution in [3.05, 3.63) is 35.6 Å². The Hall–Kier alpha value is -1.46. The van der Waals surface area contributed by atoms with Crippen molar-refractivity contribution in [2.45, 2.75) is 38.1 Å². The fraction of sp³-hybridized carbons (Fsp3) is 0.650. The van der Waals surface area contributed by atoms with Crippen LogP contribution in [0, 0.1) is 5.82 Å². The molecule has 3 rings (SSSR count). The molecule has 2 saturated heterocycles. The van der Waals surface area contributed by atoms with Gasteiger partial charge in [-0.25, -0.2) is 4.39 Å². The van der Waals surface area contributed by atoms with Gasteiger partial charge in [0.2, 0.25) is 5.91 Å². The number of likely N-dealkylation sites (tertiary alicyclic amines) is 1. The van der Waals surface area contributed by atoms with Gasteiger partial charge in [0, 0.05) is 45.2 Å². The largest absolute Gasteiger partial charge is 0.340 e. The summed E-state index contributed by atoms with van der Waals surface area (Å²) >= 11 is 0. The van der Waals surface area contributed by atoms with Crippen molar-refractivity contribution >= 4 is 5.91 Å². The van der Waals surface area contributed by atoms with Gasteiger partial charge in [-0.2, -0.15) is 0 Å². The van der Waals surface area contributed by atoms with E-state index in [2.05, 4.69) is 16.8 Å². The van der Waals surface area contributed by atoms with Gasteiger partial charge in [0.05, 0.1) is 0 Å². The van der Waals surface area contributed by atoms with Crippen molar-refractivity contribution < 1.29 is 9.18 Å². The van der Waals surface area contributed by atoms with Crippen LogP contribution in [0.5, 0.6) is 0 Å². The number of halogens is 1. The van der Waals surface area contributed by atoms with E-state index in [1.807, 2.05) is 4.90 Å². The molecule has 0 radical (unpaired) electrons. The third kappa shape index (κ3) is 5.25. The molecule has 1 aromatic carbocycles. The Bertz CT molecular complexity index is 555. The molecular formula is C20H30FN3O.